The highest BCUT2D eigenvalue weighted by molar-refractivity contribution is 5.94. The van der Waals surface area contributed by atoms with Crippen molar-refractivity contribution in [2.45, 2.75) is 31.9 Å². The fraction of sp³-hybridized carbons (Fsp3) is 0.320. The van der Waals surface area contributed by atoms with E-state index < -0.39 is 0 Å². The van der Waals surface area contributed by atoms with Gasteiger partial charge in [0.05, 0.1) is 30.6 Å². The zero-order chi connectivity index (χ0) is 21.6. The molecule has 2 N–H and O–H groups in total. The molecule has 5 rings (SSSR count). The lowest BCUT2D eigenvalue weighted by Crippen LogP contribution is -2.51. The van der Waals surface area contributed by atoms with Crippen LogP contribution in [0.15, 0.2) is 54.7 Å². The number of carbonyl (C=O) groups is 1. The van der Waals surface area contributed by atoms with Crippen molar-refractivity contribution in [2.24, 2.45) is 0 Å². The van der Waals surface area contributed by atoms with E-state index in [1.54, 1.807) is 31.4 Å². The molecule has 0 unspecified atom stereocenters. The van der Waals surface area contributed by atoms with Gasteiger partial charge in [-0.1, -0.05) is 12.1 Å². The summed E-state index contributed by atoms with van der Waals surface area (Å²) in [5.41, 5.74) is 5.92. The zero-order valence-electron chi connectivity index (χ0n) is 17.9. The lowest BCUT2D eigenvalue weighted by atomic mass is 9.82. The van der Waals surface area contributed by atoms with E-state index in [0.717, 1.165) is 35.5 Å². The number of ether oxygens (including phenoxy) is 1. The molecule has 6 heteroatoms. The smallest absolute Gasteiger partial charge is 0.253 e. The van der Waals surface area contributed by atoms with Crippen LogP contribution >= 0.6 is 0 Å². The van der Waals surface area contributed by atoms with E-state index in [9.17, 15) is 9.90 Å². The van der Waals surface area contributed by atoms with Crippen molar-refractivity contribution in [3.63, 3.8) is 0 Å². The highest BCUT2D eigenvalue weighted by Crippen LogP contribution is 2.45. The minimum absolute atomic E-state index is 0.0162. The minimum Gasteiger partial charge on any atom is -0.497 e. The number of piperidine rings is 1. The molecule has 1 aromatic heterocycles. The van der Waals surface area contributed by atoms with E-state index in [2.05, 4.69) is 41.2 Å². The number of fused-ring (bicyclic) bond motifs is 4. The minimum atomic E-state index is -0.217. The number of methoxy groups -OCH3 is 1. The maximum absolute atomic E-state index is 13.0. The normalized spacial score (nSPS) is 16.4. The molecule has 3 heterocycles. The number of hydrogen-bond acceptors (Lipinski definition) is 4. The van der Waals surface area contributed by atoms with Crippen LogP contribution in [0.4, 0.5) is 5.69 Å². The predicted molar refractivity (Wildman–Crippen MR) is 120 cm³/mol. The molecule has 0 bridgehead atoms. The van der Waals surface area contributed by atoms with Crippen LogP contribution in [0, 0.1) is 6.92 Å². The standard InChI is InChI=1S/C25H27N3O3/c1-17-13-23-25(26-21-14-20(31-2)7-8-22(21)28(23)15-17)9-11-27(12-10-25)24(30)19-5-3-18(16-29)4-6-19/h3-8,13-15,26,29H,9-12,16H2,1-2H3. The van der Waals surface area contributed by atoms with Crippen molar-refractivity contribution in [1.29, 1.82) is 0 Å². The second kappa shape index (κ2) is 7.46. The third-order valence-electron chi connectivity index (χ3n) is 6.57. The molecule has 6 nitrogen and oxygen atoms in total. The van der Waals surface area contributed by atoms with Gasteiger partial charge in [0.1, 0.15) is 5.75 Å². The Kier molecular flexibility index (Phi) is 4.74. The van der Waals surface area contributed by atoms with Gasteiger partial charge in [-0.25, -0.2) is 0 Å². The van der Waals surface area contributed by atoms with Gasteiger partial charge < -0.3 is 24.6 Å². The molecule has 31 heavy (non-hydrogen) atoms. The Labute approximate surface area is 182 Å². The Morgan fingerprint density at radius 3 is 2.55 bits per heavy atom. The lowest BCUT2D eigenvalue weighted by molar-refractivity contribution is 0.0676. The number of nitrogens with one attached hydrogen (secondary N) is 1. The Hall–Kier alpha value is -3.25. The van der Waals surface area contributed by atoms with Gasteiger partial charge in [-0.3, -0.25) is 4.79 Å². The number of hydrogen-bond donors (Lipinski definition) is 2. The molecular formula is C25H27N3O3. The summed E-state index contributed by atoms with van der Waals surface area (Å²) in [5, 5.41) is 13.0. The molecule has 3 aromatic rings. The maximum atomic E-state index is 13.0. The molecule has 0 saturated carbocycles. The van der Waals surface area contributed by atoms with Crippen LogP contribution in [0.1, 0.15) is 40.0 Å². The van der Waals surface area contributed by atoms with Crippen LogP contribution in [0.3, 0.4) is 0 Å². The van der Waals surface area contributed by atoms with E-state index in [-0.39, 0.29) is 18.1 Å². The predicted octanol–water partition coefficient (Wildman–Crippen LogP) is 3.84. The van der Waals surface area contributed by atoms with Crippen LogP contribution in [0.25, 0.3) is 5.69 Å². The zero-order valence-corrected chi connectivity index (χ0v) is 17.9. The highest BCUT2D eigenvalue weighted by Gasteiger charge is 2.42. The summed E-state index contributed by atoms with van der Waals surface area (Å²) < 4.78 is 7.73. The number of aliphatic hydroxyl groups excluding tert-OH is 1. The van der Waals surface area contributed by atoms with Crippen LogP contribution in [-0.2, 0) is 12.1 Å². The van der Waals surface area contributed by atoms with E-state index in [1.165, 1.54) is 11.3 Å². The van der Waals surface area contributed by atoms with Gasteiger partial charge in [-0.15, -0.1) is 0 Å². The molecule has 1 spiro atoms. The average molecular weight is 418 g/mol. The van der Waals surface area contributed by atoms with Gasteiger partial charge in [0.2, 0.25) is 0 Å². The molecular weight excluding hydrogens is 390 g/mol. The summed E-state index contributed by atoms with van der Waals surface area (Å²) in [5.74, 6) is 0.872. The van der Waals surface area contributed by atoms with Gasteiger partial charge in [0.15, 0.2) is 0 Å². The summed E-state index contributed by atoms with van der Waals surface area (Å²) >= 11 is 0. The number of nitrogens with zero attached hydrogens (tertiary/aromatic N) is 2. The van der Waals surface area contributed by atoms with Crippen molar-refractivity contribution in [1.82, 2.24) is 9.47 Å². The summed E-state index contributed by atoms with van der Waals surface area (Å²) in [7, 11) is 1.68. The Balaban J connectivity index is 1.41. The number of aryl methyl sites for hydroxylation is 1. The summed E-state index contributed by atoms with van der Waals surface area (Å²) in [4.78, 5) is 15.0. The third-order valence-corrected chi connectivity index (χ3v) is 6.57. The largest absolute Gasteiger partial charge is 0.497 e. The molecule has 1 fully saturated rings. The van der Waals surface area contributed by atoms with Crippen molar-refractivity contribution in [3.8, 4) is 11.4 Å². The van der Waals surface area contributed by atoms with E-state index >= 15 is 0 Å². The fourth-order valence-corrected chi connectivity index (χ4v) is 4.85. The molecule has 2 aliphatic rings. The van der Waals surface area contributed by atoms with Crippen LogP contribution in [0.5, 0.6) is 5.75 Å². The summed E-state index contributed by atoms with van der Waals surface area (Å²) in [6, 6.07) is 15.6. The molecule has 2 aliphatic heterocycles. The lowest BCUT2D eigenvalue weighted by Gasteiger charge is -2.46. The first-order valence-electron chi connectivity index (χ1n) is 10.7. The molecule has 0 radical (unpaired) electrons. The van der Waals surface area contributed by atoms with Crippen LogP contribution in [-0.4, -0.2) is 40.7 Å². The number of aromatic nitrogens is 1. The van der Waals surface area contributed by atoms with Gasteiger partial charge in [0, 0.05) is 36.6 Å². The van der Waals surface area contributed by atoms with Crippen molar-refractivity contribution < 1.29 is 14.6 Å². The van der Waals surface area contributed by atoms with Crippen molar-refractivity contribution in [2.75, 3.05) is 25.5 Å². The molecule has 1 saturated heterocycles. The van der Waals surface area contributed by atoms with Gasteiger partial charge in [-0.05, 0) is 61.2 Å². The van der Waals surface area contributed by atoms with Crippen LogP contribution < -0.4 is 10.1 Å². The van der Waals surface area contributed by atoms with Crippen molar-refractivity contribution in [3.05, 3.63) is 77.1 Å². The van der Waals surface area contributed by atoms with Gasteiger partial charge in [0.25, 0.3) is 5.91 Å². The molecule has 1 amide bonds. The number of rotatable bonds is 3. The Morgan fingerprint density at radius 1 is 1.13 bits per heavy atom. The van der Waals surface area contributed by atoms with Gasteiger partial charge in [-0.2, -0.15) is 0 Å². The number of amides is 1. The monoisotopic (exact) mass is 417 g/mol. The quantitative estimate of drug-likeness (QED) is 0.680. The third kappa shape index (κ3) is 3.27. The first kappa shape index (κ1) is 19.7. The summed E-state index contributed by atoms with van der Waals surface area (Å²) in [6.07, 6.45) is 3.84. The molecule has 0 aliphatic carbocycles. The SMILES string of the molecule is COc1ccc2c(c1)NC1(CCN(C(=O)c3ccc(CO)cc3)CC1)c1cc(C)cn1-2. The molecule has 0 atom stereocenters. The molecule has 2 aromatic carbocycles. The number of likely N-dealkylation sites (tertiary alicyclic amines) is 1. The topological polar surface area (TPSA) is 66.7 Å². The summed E-state index contributed by atoms with van der Waals surface area (Å²) in [6.45, 7) is 3.46. The highest BCUT2D eigenvalue weighted by atomic mass is 16.5. The van der Waals surface area contributed by atoms with E-state index in [0.29, 0.717) is 18.7 Å². The number of anilines is 1. The number of aliphatic hydroxyl groups is 1. The first-order valence-corrected chi connectivity index (χ1v) is 10.7. The Bertz CT molecular complexity index is 1130. The number of benzene rings is 2. The van der Waals surface area contributed by atoms with Crippen LogP contribution in [0.2, 0.25) is 0 Å². The fourth-order valence-electron chi connectivity index (χ4n) is 4.85. The second-order valence-electron chi connectivity index (χ2n) is 8.51. The maximum Gasteiger partial charge on any atom is 0.253 e. The van der Waals surface area contributed by atoms with E-state index in [1.807, 2.05) is 11.0 Å². The van der Waals surface area contributed by atoms with Gasteiger partial charge >= 0.3 is 0 Å². The van der Waals surface area contributed by atoms with Crippen molar-refractivity contribution >= 4 is 11.6 Å². The molecule has 160 valence electrons. The number of carbonyl (C=O) groups excluding carboxylic acids is 1. The second-order valence-corrected chi connectivity index (χ2v) is 8.51. The Morgan fingerprint density at radius 2 is 1.87 bits per heavy atom. The first-order chi connectivity index (χ1) is 15.0. The average Bonchev–Trinajstić information content (AvgIpc) is 3.21. The van der Waals surface area contributed by atoms with E-state index in [4.69, 9.17) is 4.74 Å².